The van der Waals surface area contributed by atoms with Crippen molar-refractivity contribution in [2.45, 2.75) is 64.4 Å². The van der Waals surface area contributed by atoms with Crippen molar-refractivity contribution in [3.63, 3.8) is 0 Å². The van der Waals surface area contributed by atoms with Gasteiger partial charge in [0.2, 0.25) is 0 Å². The molecule has 3 nitrogen and oxygen atoms in total. The Morgan fingerprint density at radius 2 is 1.82 bits per heavy atom. The summed E-state index contributed by atoms with van der Waals surface area (Å²) in [4.78, 5) is 24.2. The Balaban J connectivity index is 1.61. The molecule has 4 saturated carbocycles. The summed E-state index contributed by atoms with van der Waals surface area (Å²) in [6, 6.07) is 0. The van der Waals surface area contributed by atoms with Gasteiger partial charge < -0.3 is 5.11 Å². The normalized spacial score (nSPS) is 55.7. The molecule has 0 aliphatic heterocycles. The van der Waals surface area contributed by atoms with E-state index in [4.69, 9.17) is 0 Å². The Morgan fingerprint density at radius 1 is 1.05 bits per heavy atom. The van der Waals surface area contributed by atoms with Crippen LogP contribution in [0.25, 0.3) is 0 Å². The van der Waals surface area contributed by atoms with Gasteiger partial charge in [0.05, 0.1) is 6.10 Å². The number of hydrogen-bond donors (Lipinski definition) is 1. The first-order chi connectivity index (χ1) is 10.5. The molecular formula is C19H24O3. The van der Waals surface area contributed by atoms with Crippen molar-refractivity contribution >= 4 is 11.6 Å². The predicted molar refractivity (Wildman–Crippen MR) is 81.0 cm³/mol. The lowest BCUT2D eigenvalue weighted by Crippen LogP contribution is -2.47. The lowest BCUT2D eigenvalue weighted by atomic mass is 9.52. The summed E-state index contributed by atoms with van der Waals surface area (Å²) in [5, 5.41) is 11.0. The Hall–Kier alpha value is -0.960. The molecule has 6 atom stereocenters. The van der Waals surface area contributed by atoms with Crippen molar-refractivity contribution in [1.82, 2.24) is 0 Å². The van der Waals surface area contributed by atoms with Crippen LogP contribution in [0.1, 0.15) is 58.3 Å². The van der Waals surface area contributed by atoms with E-state index in [0.29, 0.717) is 24.0 Å². The molecule has 22 heavy (non-hydrogen) atoms. The van der Waals surface area contributed by atoms with Crippen LogP contribution in [0.2, 0.25) is 0 Å². The van der Waals surface area contributed by atoms with Crippen LogP contribution in [0.15, 0.2) is 11.6 Å². The number of fused-ring (bicyclic) bond motifs is 2. The fourth-order valence-electron chi connectivity index (χ4n) is 7.36. The van der Waals surface area contributed by atoms with Gasteiger partial charge in [-0.15, -0.1) is 0 Å². The highest BCUT2D eigenvalue weighted by Crippen LogP contribution is 2.83. The minimum absolute atomic E-state index is 0.00736. The van der Waals surface area contributed by atoms with E-state index in [-0.39, 0.29) is 28.1 Å². The van der Waals surface area contributed by atoms with E-state index in [0.717, 1.165) is 44.9 Å². The van der Waals surface area contributed by atoms with Gasteiger partial charge in [0.25, 0.3) is 0 Å². The molecule has 0 bridgehead atoms. The van der Waals surface area contributed by atoms with E-state index >= 15 is 0 Å². The van der Waals surface area contributed by atoms with Crippen molar-refractivity contribution < 1.29 is 14.7 Å². The highest BCUT2D eigenvalue weighted by molar-refractivity contribution is 5.92. The number of ketones is 2. The van der Waals surface area contributed by atoms with Crippen LogP contribution in [0, 0.1) is 28.1 Å². The summed E-state index contributed by atoms with van der Waals surface area (Å²) >= 11 is 0. The first kappa shape index (κ1) is 13.5. The highest BCUT2D eigenvalue weighted by Gasteiger charge is 2.83. The van der Waals surface area contributed by atoms with Crippen LogP contribution < -0.4 is 0 Å². The molecule has 0 heterocycles. The molecule has 5 rings (SSSR count). The second-order valence-corrected chi connectivity index (χ2v) is 8.68. The largest absolute Gasteiger partial charge is 0.392 e. The zero-order valence-electron chi connectivity index (χ0n) is 13.2. The second kappa shape index (κ2) is 3.75. The minimum Gasteiger partial charge on any atom is -0.392 e. The van der Waals surface area contributed by atoms with Crippen molar-refractivity contribution in [3.05, 3.63) is 11.6 Å². The average molecular weight is 300 g/mol. The van der Waals surface area contributed by atoms with Crippen molar-refractivity contribution in [2.75, 3.05) is 0 Å². The Labute approximate surface area is 131 Å². The summed E-state index contributed by atoms with van der Waals surface area (Å²) in [7, 11) is 0. The summed E-state index contributed by atoms with van der Waals surface area (Å²) in [5.74, 6) is 1.64. The molecule has 2 spiro atoms. The fraction of sp³-hybridized carbons (Fsp3) is 0.789. The van der Waals surface area contributed by atoms with E-state index < -0.39 is 0 Å². The van der Waals surface area contributed by atoms with Gasteiger partial charge >= 0.3 is 0 Å². The third kappa shape index (κ3) is 1.16. The zero-order chi connectivity index (χ0) is 15.3. The molecule has 0 aromatic heterocycles. The van der Waals surface area contributed by atoms with Crippen LogP contribution >= 0.6 is 0 Å². The van der Waals surface area contributed by atoms with Gasteiger partial charge in [-0.25, -0.2) is 0 Å². The zero-order valence-corrected chi connectivity index (χ0v) is 13.2. The lowest BCUT2D eigenvalue weighted by molar-refractivity contribution is -0.131. The summed E-state index contributed by atoms with van der Waals surface area (Å²) in [6.45, 7) is 2.18. The number of hydrogen-bond acceptors (Lipinski definition) is 3. The molecule has 0 aromatic carbocycles. The van der Waals surface area contributed by atoms with Crippen molar-refractivity contribution in [3.8, 4) is 0 Å². The molecule has 0 radical (unpaired) electrons. The topological polar surface area (TPSA) is 54.4 Å². The van der Waals surface area contributed by atoms with Gasteiger partial charge in [-0.05, 0) is 56.4 Å². The molecular weight excluding hydrogens is 276 g/mol. The first-order valence-corrected chi connectivity index (χ1v) is 8.92. The molecule has 5 aliphatic rings. The maximum atomic E-state index is 12.4. The molecule has 0 aromatic rings. The quantitative estimate of drug-likeness (QED) is 0.748. The minimum atomic E-state index is -0.271. The van der Waals surface area contributed by atoms with E-state index in [1.54, 1.807) is 0 Å². The van der Waals surface area contributed by atoms with E-state index in [9.17, 15) is 14.7 Å². The van der Waals surface area contributed by atoms with Gasteiger partial charge in [-0.2, -0.15) is 0 Å². The number of carbonyl (C=O) groups is 2. The van der Waals surface area contributed by atoms with Gasteiger partial charge in [-0.1, -0.05) is 12.5 Å². The van der Waals surface area contributed by atoms with Crippen LogP contribution in [0.3, 0.4) is 0 Å². The SMILES string of the molecule is CC12CCC34C(CCC5=CC(=O)CCC53C4O)C1CCC2=O. The van der Waals surface area contributed by atoms with Crippen LogP contribution in [0.5, 0.6) is 0 Å². The Morgan fingerprint density at radius 3 is 2.64 bits per heavy atom. The van der Waals surface area contributed by atoms with Gasteiger partial charge in [0, 0.05) is 29.1 Å². The standard InChI is InChI=1S/C19H24O3/c1-17-8-9-19-14(13(17)4-5-15(17)21)3-2-11-10-12(20)6-7-18(11,19)16(19)22/h10,13-14,16,22H,2-9H2,1H3. The van der Waals surface area contributed by atoms with Gasteiger partial charge in [0.1, 0.15) is 5.78 Å². The molecule has 5 aliphatic carbocycles. The maximum Gasteiger partial charge on any atom is 0.155 e. The molecule has 3 heteroatoms. The average Bonchev–Trinajstić information content (AvgIpc) is 2.88. The first-order valence-electron chi connectivity index (χ1n) is 8.92. The van der Waals surface area contributed by atoms with E-state index in [1.807, 2.05) is 6.08 Å². The monoisotopic (exact) mass is 300 g/mol. The lowest BCUT2D eigenvalue weighted by Gasteiger charge is -2.51. The molecule has 0 saturated heterocycles. The molecule has 6 unspecified atom stereocenters. The van der Waals surface area contributed by atoms with Crippen LogP contribution in [0.4, 0.5) is 0 Å². The number of carbonyl (C=O) groups excluding carboxylic acids is 2. The summed E-state index contributed by atoms with van der Waals surface area (Å²) in [5.41, 5.74) is 0.995. The smallest absolute Gasteiger partial charge is 0.155 e. The Kier molecular flexibility index (Phi) is 2.29. The Bertz CT molecular complexity index is 635. The molecule has 4 fully saturated rings. The van der Waals surface area contributed by atoms with E-state index in [1.165, 1.54) is 5.57 Å². The second-order valence-electron chi connectivity index (χ2n) is 8.68. The van der Waals surface area contributed by atoms with Crippen LogP contribution in [-0.4, -0.2) is 22.8 Å². The molecule has 1 N–H and O–H groups in total. The highest BCUT2D eigenvalue weighted by atomic mass is 16.3. The maximum absolute atomic E-state index is 12.4. The predicted octanol–water partition coefficient (Wildman–Crippen LogP) is 2.81. The third-order valence-corrected chi connectivity index (χ3v) is 8.44. The molecule has 118 valence electrons. The third-order valence-electron chi connectivity index (χ3n) is 8.44. The summed E-state index contributed by atoms with van der Waals surface area (Å²) < 4.78 is 0. The van der Waals surface area contributed by atoms with Gasteiger partial charge in [-0.3, -0.25) is 9.59 Å². The van der Waals surface area contributed by atoms with Crippen molar-refractivity contribution in [2.24, 2.45) is 28.1 Å². The summed E-state index contributed by atoms with van der Waals surface area (Å²) in [6.07, 6.45) is 8.69. The molecule has 0 amide bonds. The fourth-order valence-corrected chi connectivity index (χ4v) is 7.36. The number of aliphatic hydroxyl groups is 1. The van der Waals surface area contributed by atoms with Crippen LogP contribution in [-0.2, 0) is 9.59 Å². The van der Waals surface area contributed by atoms with E-state index in [2.05, 4.69) is 6.92 Å². The number of aliphatic hydroxyl groups excluding tert-OH is 1. The number of rotatable bonds is 0. The number of Topliss-reactive ketones (excluding diaryl/α,β-unsaturated/α-hetero) is 1. The van der Waals surface area contributed by atoms with Crippen molar-refractivity contribution in [1.29, 1.82) is 0 Å². The van der Waals surface area contributed by atoms with Gasteiger partial charge in [0.15, 0.2) is 5.78 Å².